The van der Waals surface area contributed by atoms with E-state index in [4.69, 9.17) is 0 Å². The molecule has 3 rings (SSSR count). The van der Waals surface area contributed by atoms with Crippen molar-refractivity contribution in [1.82, 2.24) is 4.90 Å². The monoisotopic (exact) mass is 351 g/mol. The van der Waals surface area contributed by atoms with Crippen molar-refractivity contribution in [3.63, 3.8) is 0 Å². The zero-order valence-corrected chi connectivity index (χ0v) is 13.7. The largest absolute Gasteiger partial charge is 0.477 e. The highest BCUT2D eigenvalue weighted by molar-refractivity contribution is 7.91. The van der Waals surface area contributed by atoms with Gasteiger partial charge in [0, 0.05) is 0 Å². The second-order valence-corrected chi connectivity index (χ2v) is 8.07. The van der Waals surface area contributed by atoms with E-state index in [1.54, 1.807) is 18.2 Å². The van der Waals surface area contributed by atoms with Gasteiger partial charge >= 0.3 is 5.97 Å². The molecular weight excluding hydrogens is 334 g/mol. The van der Waals surface area contributed by atoms with E-state index in [-0.39, 0.29) is 22.6 Å². The Balaban J connectivity index is 1.93. The number of rotatable bonds is 5. The van der Waals surface area contributed by atoms with Gasteiger partial charge in [0.25, 0.3) is 0 Å². The Bertz CT molecular complexity index is 827. The highest BCUT2D eigenvalue weighted by atomic mass is 32.2. The fraction of sp³-hybridized carbons (Fsp3) is 0.375. The summed E-state index contributed by atoms with van der Waals surface area (Å²) in [5, 5.41) is 19.1. The second kappa shape index (κ2) is 5.71. The summed E-state index contributed by atoms with van der Waals surface area (Å²) in [4.78, 5) is 24.8. The Kier molecular flexibility index (Phi) is 3.97. The van der Waals surface area contributed by atoms with Gasteiger partial charge in [0.15, 0.2) is 9.84 Å². The molecule has 1 fully saturated rings. The van der Waals surface area contributed by atoms with Crippen molar-refractivity contribution in [1.29, 1.82) is 0 Å². The maximum Gasteiger partial charge on any atom is 0.352 e. The van der Waals surface area contributed by atoms with Crippen molar-refractivity contribution >= 4 is 21.7 Å². The molecule has 3 atom stereocenters. The summed E-state index contributed by atoms with van der Waals surface area (Å²) >= 11 is 0. The van der Waals surface area contributed by atoms with Gasteiger partial charge in [-0.2, -0.15) is 0 Å². The zero-order valence-electron chi connectivity index (χ0n) is 12.9. The smallest absolute Gasteiger partial charge is 0.352 e. The lowest BCUT2D eigenvalue weighted by atomic mass is 9.83. The fourth-order valence-electron chi connectivity index (χ4n) is 3.43. The molecule has 0 spiro atoms. The standard InChI is InChI=1S/C16H17NO6S/c1-9(18)13-12-7-10(14(16(20)21)17(12)15(13)19)8-24(22,23)11-5-3-2-4-6-11/h2-6,9,12-13,18H,7-8H2,1H3,(H,20,21). The summed E-state index contributed by atoms with van der Waals surface area (Å²) in [5.41, 5.74) is -0.0609. The molecule has 128 valence electrons. The van der Waals surface area contributed by atoms with Crippen LogP contribution < -0.4 is 0 Å². The van der Waals surface area contributed by atoms with Gasteiger partial charge in [-0.25, -0.2) is 13.2 Å². The summed E-state index contributed by atoms with van der Waals surface area (Å²) in [7, 11) is -3.71. The number of carbonyl (C=O) groups excluding carboxylic acids is 1. The van der Waals surface area contributed by atoms with Crippen LogP contribution in [0.25, 0.3) is 0 Å². The van der Waals surface area contributed by atoms with E-state index in [1.165, 1.54) is 19.1 Å². The number of aliphatic hydroxyl groups excluding tert-OH is 1. The number of carboxylic acids is 1. The highest BCUT2D eigenvalue weighted by Crippen LogP contribution is 2.44. The Hall–Kier alpha value is -2.19. The topological polar surface area (TPSA) is 112 Å². The lowest BCUT2D eigenvalue weighted by molar-refractivity contribution is -0.161. The third-order valence-corrected chi connectivity index (χ3v) is 6.21. The molecule has 1 saturated heterocycles. The van der Waals surface area contributed by atoms with E-state index < -0.39 is 45.5 Å². The molecule has 1 aromatic rings. The van der Waals surface area contributed by atoms with Gasteiger partial charge in [-0.3, -0.25) is 4.79 Å². The van der Waals surface area contributed by atoms with Gasteiger partial charge in [-0.15, -0.1) is 0 Å². The molecule has 0 radical (unpaired) electrons. The first-order valence-corrected chi connectivity index (χ1v) is 9.13. The van der Waals surface area contributed by atoms with Gasteiger partial charge in [0.1, 0.15) is 5.70 Å². The van der Waals surface area contributed by atoms with Crippen LogP contribution in [0.5, 0.6) is 0 Å². The van der Waals surface area contributed by atoms with Crippen LogP contribution in [0.2, 0.25) is 0 Å². The maximum atomic E-state index is 12.5. The number of carbonyl (C=O) groups is 2. The van der Waals surface area contributed by atoms with Gasteiger partial charge in [0.2, 0.25) is 5.91 Å². The van der Waals surface area contributed by atoms with E-state index in [2.05, 4.69) is 0 Å². The number of sulfone groups is 1. The molecule has 0 saturated carbocycles. The molecular formula is C16H17NO6S. The molecule has 24 heavy (non-hydrogen) atoms. The lowest BCUT2D eigenvalue weighted by Crippen LogP contribution is -2.61. The number of amides is 1. The molecule has 0 aliphatic carbocycles. The van der Waals surface area contributed by atoms with Gasteiger partial charge < -0.3 is 15.1 Å². The molecule has 2 N–H and O–H groups in total. The van der Waals surface area contributed by atoms with Crippen LogP contribution in [0.1, 0.15) is 13.3 Å². The van der Waals surface area contributed by atoms with Crippen LogP contribution in [0.4, 0.5) is 0 Å². The van der Waals surface area contributed by atoms with E-state index in [0.717, 1.165) is 4.90 Å². The first kappa shape index (κ1) is 16.7. The first-order chi connectivity index (χ1) is 11.2. The molecule has 8 heteroatoms. The van der Waals surface area contributed by atoms with Gasteiger partial charge in [0.05, 0.1) is 28.7 Å². The Morgan fingerprint density at radius 2 is 1.96 bits per heavy atom. The van der Waals surface area contributed by atoms with Crippen molar-refractivity contribution in [2.45, 2.75) is 30.4 Å². The Labute approximate surface area is 139 Å². The Morgan fingerprint density at radius 3 is 2.50 bits per heavy atom. The Morgan fingerprint density at radius 1 is 1.33 bits per heavy atom. The quantitative estimate of drug-likeness (QED) is 0.743. The summed E-state index contributed by atoms with van der Waals surface area (Å²) in [6.07, 6.45) is -0.756. The average Bonchev–Trinajstić information content (AvgIpc) is 2.81. The number of hydrogen-bond acceptors (Lipinski definition) is 5. The first-order valence-electron chi connectivity index (χ1n) is 7.48. The number of benzene rings is 1. The van der Waals surface area contributed by atoms with E-state index >= 15 is 0 Å². The molecule has 2 aliphatic rings. The zero-order chi connectivity index (χ0) is 17.6. The fourth-order valence-corrected chi connectivity index (χ4v) is 4.88. The number of aliphatic carboxylic acids is 1. The summed E-state index contributed by atoms with van der Waals surface area (Å²) < 4.78 is 25.0. The van der Waals surface area contributed by atoms with Crippen LogP contribution >= 0.6 is 0 Å². The van der Waals surface area contributed by atoms with E-state index in [1.807, 2.05) is 0 Å². The number of fused-ring (bicyclic) bond motifs is 1. The minimum Gasteiger partial charge on any atom is -0.477 e. The molecule has 1 amide bonds. The predicted octanol–water partition coefficient (Wildman–Crippen LogP) is 0.410. The number of hydrogen-bond donors (Lipinski definition) is 2. The van der Waals surface area contributed by atoms with E-state index in [9.17, 15) is 28.2 Å². The molecule has 0 aromatic heterocycles. The van der Waals surface area contributed by atoms with Crippen molar-refractivity contribution in [3.05, 3.63) is 41.6 Å². The second-order valence-electron chi connectivity index (χ2n) is 6.08. The average molecular weight is 351 g/mol. The number of nitrogens with zero attached hydrogens (tertiary/aromatic N) is 1. The molecule has 7 nitrogen and oxygen atoms in total. The third-order valence-electron chi connectivity index (χ3n) is 4.49. The van der Waals surface area contributed by atoms with Gasteiger partial charge in [-0.1, -0.05) is 18.2 Å². The third kappa shape index (κ3) is 2.51. The minimum absolute atomic E-state index is 0.106. The highest BCUT2D eigenvalue weighted by Gasteiger charge is 2.56. The predicted molar refractivity (Wildman–Crippen MR) is 83.6 cm³/mol. The molecule has 1 aromatic carbocycles. The minimum atomic E-state index is -3.71. The van der Waals surface area contributed by atoms with Crippen molar-refractivity contribution < 1.29 is 28.2 Å². The number of β-lactam (4-membered cyclic amide) rings is 1. The normalized spacial score (nSPS) is 24.6. The maximum absolute atomic E-state index is 12.5. The van der Waals surface area contributed by atoms with Crippen LogP contribution in [-0.4, -0.2) is 53.3 Å². The van der Waals surface area contributed by atoms with Crippen molar-refractivity contribution in [3.8, 4) is 0 Å². The van der Waals surface area contributed by atoms with Crippen LogP contribution in [0, 0.1) is 5.92 Å². The number of carboxylic acid groups (broad SMARTS) is 1. The summed E-state index contributed by atoms with van der Waals surface area (Å²) in [6, 6.07) is 7.29. The van der Waals surface area contributed by atoms with Crippen LogP contribution in [0.3, 0.4) is 0 Å². The lowest BCUT2D eigenvalue weighted by Gasteiger charge is -2.44. The van der Waals surface area contributed by atoms with Gasteiger partial charge in [-0.05, 0) is 31.1 Å². The molecule has 3 unspecified atom stereocenters. The van der Waals surface area contributed by atoms with Crippen LogP contribution in [0.15, 0.2) is 46.5 Å². The summed E-state index contributed by atoms with van der Waals surface area (Å²) in [5.74, 6) is -2.94. The SMILES string of the molecule is CC(O)C1C(=O)N2C(C(=O)O)=C(CS(=O)(=O)c3ccccc3)CC12. The molecule has 0 bridgehead atoms. The molecule has 2 aliphatic heterocycles. The molecule has 2 heterocycles. The number of aliphatic hydroxyl groups is 1. The van der Waals surface area contributed by atoms with E-state index in [0.29, 0.717) is 0 Å². The summed E-state index contributed by atoms with van der Waals surface area (Å²) in [6.45, 7) is 1.47. The van der Waals surface area contributed by atoms with Crippen molar-refractivity contribution in [2.24, 2.45) is 5.92 Å². The van der Waals surface area contributed by atoms with Crippen LogP contribution in [-0.2, 0) is 19.4 Å². The van der Waals surface area contributed by atoms with Crippen molar-refractivity contribution in [2.75, 3.05) is 5.75 Å².